The second kappa shape index (κ2) is 6.93. The van der Waals surface area contributed by atoms with Gasteiger partial charge in [0.05, 0.1) is 9.79 Å². The number of rotatable bonds is 5. The van der Waals surface area contributed by atoms with Gasteiger partial charge in [-0.1, -0.05) is 23.4 Å². The van der Waals surface area contributed by atoms with Crippen molar-refractivity contribution >= 4 is 32.5 Å². The highest BCUT2D eigenvalue weighted by atomic mass is 32.2. The highest BCUT2D eigenvalue weighted by Gasteiger charge is 2.24. The summed E-state index contributed by atoms with van der Waals surface area (Å²) < 4.78 is 45.5. The number of hydrogen-bond donors (Lipinski definition) is 1. The molecule has 2 aromatic carbocycles. The Morgan fingerprint density at radius 3 is 2.57 bits per heavy atom. The van der Waals surface area contributed by atoms with Gasteiger partial charge in [0.1, 0.15) is 18.6 Å². The van der Waals surface area contributed by atoms with E-state index < -0.39 is 15.7 Å². The quantitative estimate of drug-likeness (QED) is 0.520. The van der Waals surface area contributed by atoms with Crippen LogP contribution in [0.2, 0.25) is 0 Å². The number of aromatic nitrogens is 2. The van der Waals surface area contributed by atoms with Gasteiger partial charge in [-0.05, 0) is 30.3 Å². The molecule has 0 fully saturated rings. The molecule has 2 aromatic heterocycles. The fourth-order valence-corrected chi connectivity index (χ4v) is 4.39. The maximum absolute atomic E-state index is 13.2. The molecule has 1 amide bonds. The van der Waals surface area contributed by atoms with Gasteiger partial charge in [0, 0.05) is 23.2 Å². The number of sulfone groups is 1. The number of fused-ring (bicyclic) bond motifs is 1. The van der Waals surface area contributed by atoms with Gasteiger partial charge >= 0.3 is 0 Å². The summed E-state index contributed by atoms with van der Waals surface area (Å²) in [6.07, 6.45) is 2.74. The normalized spacial score (nSPS) is 11.6. The zero-order valence-electron chi connectivity index (χ0n) is 14.4. The first-order valence-electron chi connectivity index (χ1n) is 8.24. The van der Waals surface area contributed by atoms with Crippen molar-refractivity contribution in [1.29, 1.82) is 0 Å². The number of carbonyl (C=O) groups excluding carboxylic acids is 1. The Hall–Kier alpha value is -3.46. The summed E-state index contributed by atoms with van der Waals surface area (Å²) in [5.74, 6) is -0.646. The van der Waals surface area contributed by atoms with Gasteiger partial charge in [-0.2, -0.15) is 0 Å². The number of carbonyl (C=O) groups is 1. The lowest BCUT2D eigenvalue weighted by Gasteiger charge is -2.04. The summed E-state index contributed by atoms with van der Waals surface area (Å²) in [6.45, 7) is -0.119. The number of para-hydroxylation sites is 1. The lowest BCUT2D eigenvalue weighted by Crippen LogP contribution is -2.18. The third-order valence-corrected chi connectivity index (χ3v) is 5.98. The molecule has 9 heteroatoms. The van der Waals surface area contributed by atoms with E-state index >= 15 is 0 Å². The van der Waals surface area contributed by atoms with Gasteiger partial charge in [0.15, 0.2) is 5.82 Å². The predicted molar refractivity (Wildman–Crippen MR) is 98.9 cm³/mol. The molecule has 28 heavy (non-hydrogen) atoms. The Morgan fingerprint density at radius 1 is 1.11 bits per heavy atom. The average molecular weight is 399 g/mol. The van der Waals surface area contributed by atoms with Crippen molar-refractivity contribution in [3.63, 3.8) is 0 Å². The second-order valence-electron chi connectivity index (χ2n) is 6.03. The Bertz CT molecular complexity index is 1250. The van der Waals surface area contributed by atoms with E-state index in [1.165, 1.54) is 30.7 Å². The second-order valence-corrected chi connectivity index (χ2v) is 7.95. The zero-order valence-corrected chi connectivity index (χ0v) is 15.2. The van der Waals surface area contributed by atoms with Crippen molar-refractivity contribution in [1.82, 2.24) is 9.72 Å². The number of halogens is 1. The molecule has 0 spiro atoms. The van der Waals surface area contributed by atoms with Gasteiger partial charge in [0.25, 0.3) is 0 Å². The van der Waals surface area contributed by atoms with Crippen molar-refractivity contribution in [2.75, 3.05) is 5.32 Å². The summed E-state index contributed by atoms with van der Waals surface area (Å²) in [6, 6.07) is 13.0. The van der Waals surface area contributed by atoms with Crippen molar-refractivity contribution < 1.29 is 22.1 Å². The molecule has 0 radical (unpaired) electrons. The van der Waals surface area contributed by atoms with Crippen LogP contribution in [-0.2, 0) is 21.2 Å². The van der Waals surface area contributed by atoms with Gasteiger partial charge < -0.3 is 14.4 Å². The molecule has 0 saturated heterocycles. The minimum atomic E-state index is -3.89. The van der Waals surface area contributed by atoms with E-state index in [2.05, 4.69) is 15.0 Å². The van der Waals surface area contributed by atoms with Crippen LogP contribution in [0, 0.1) is 5.82 Å². The predicted octanol–water partition coefficient (Wildman–Crippen LogP) is 3.24. The molecule has 0 bridgehead atoms. The van der Waals surface area contributed by atoms with E-state index in [0.717, 1.165) is 12.1 Å². The number of nitrogens with zero attached hydrogens (tertiary/aromatic N) is 2. The molecule has 0 atom stereocenters. The lowest BCUT2D eigenvalue weighted by atomic mass is 10.2. The van der Waals surface area contributed by atoms with Crippen LogP contribution in [-0.4, -0.2) is 24.0 Å². The largest absolute Gasteiger partial charge is 0.363 e. The van der Waals surface area contributed by atoms with Gasteiger partial charge in [-0.15, -0.1) is 0 Å². The molecular weight excluding hydrogens is 385 g/mol. The molecule has 142 valence electrons. The van der Waals surface area contributed by atoms with Crippen LogP contribution in [0.4, 0.5) is 10.2 Å². The summed E-state index contributed by atoms with van der Waals surface area (Å²) in [5, 5.41) is 6.65. The average Bonchev–Trinajstić information content (AvgIpc) is 3.31. The van der Waals surface area contributed by atoms with Crippen LogP contribution < -0.4 is 5.32 Å². The smallest absolute Gasteiger partial charge is 0.245 e. The minimum absolute atomic E-state index is 0.0242. The van der Waals surface area contributed by atoms with E-state index in [1.807, 2.05) is 0 Å². The first-order chi connectivity index (χ1) is 13.4. The van der Waals surface area contributed by atoms with Crippen molar-refractivity contribution in [2.45, 2.75) is 16.3 Å². The summed E-state index contributed by atoms with van der Waals surface area (Å²) in [5.41, 5.74) is 0.582. The fourth-order valence-electron chi connectivity index (χ4n) is 2.91. The zero-order chi connectivity index (χ0) is 19.7. The molecule has 1 N–H and O–H groups in total. The van der Waals surface area contributed by atoms with Crippen molar-refractivity contribution in [3.05, 3.63) is 72.9 Å². The maximum Gasteiger partial charge on any atom is 0.245 e. The van der Waals surface area contributed by atoms with Crippen molar-refractivity contribution in [3.8, 4) is 0 Å². The van der Waals surface area contributed by atoms with Crippen LogP contribution >= 0.6 is 0 Å². The van der Waals surface area contributed by atoms with E-state index in [9.17, 15) is 17.6 Å². The number of amides is 1. The third kappa shape index (κ3) is 3.27. The van der Waals surface area contributed by atoms with E-state index in [-0.39, 0.29) is 28.1 Å². The van der Waals surface area contributed by atoms with E-state index in [4.69, 9.17) is 0 Å². The minimum Gasteiger partial charge on any atom is -0.363 e. The number of nitrogens with one attached hydrogen (secondary N) is 1. The highest BCUT2D eigenvalue weighted by molar-refractivity contribution is 7.91. The molecule has 4 aromatic rings. The molecule has 0 aliphatic rings. The van der Waals surface area contributed by atoms with Crippen molar-refractivity contribution in [2.24, 2.45) is 0 Å². The summed E-state index contributed by atoms with van der Waals surface area (Å²) in [4.78, 5) is 12.3. The van der Waals surface area contributed by atoms with Gasteiger partial charge in [-0.25, -0.2) is 12.8 Å². The van der Waals surface area contributed by atoms with Gasteiger partial charge in [-0.3, -0.25) is 4.79 Å². The van der Waals surface area contributed by atoms with E-state index in [0.29, 0.717) is 10.9 Å². The van der Waals surface area contributed by atoms with E-state index in [1.54, 1.807) is 28.8 Å². The van der Waals surface area contributed by atoms with Crippen LogP contribution in [0.5, 0.6) is 0 Å². The van der Waals surface area contributed by atoms with Crippen LogP contribution in [0.15, 0.2) is 81.4 Å². The summed E-state index contributed by atoms with van der Waals surface area (Å²) >= 11 is 0. The standard InChI is InChI=1S/C19H14FN3O4S/c20-13-5-7-14(8-6-13)28(25,26)17-11-23(16-4-2-1-3-15(16)17)12-19(24)21-18-9-10-27-22-18/h1-11H,12H2,(H,21,22,24). The Morgan fingerprint density at radius 2 is 1.86 bits per heavy atom. The molecule has 0 aliphatic carbocycles. The topological polar surface area (TPSA) is 94.2 Å². The molecular formula is C19H14FN3O4S. The molecule has 0 saturated carbocycles. The molecule has 4 rings (SSSR count). The Labute approximate surface area is 159 Å². The van der Waals surface area contributed by atoms with Gasteiger partial charge in [0.2, 0.25) is 15.7 Å². The fraction of sp³-hybridized carbons (Fsp3) is 0.0526. The SMILES string of the molecule is O=C(Cn1cc(S(=O)(=O)c2ccc(F)cc2)c2ccccc21)Nc1ccon1. The third-order valence-electron chi connectivity index (χ3n) is 4.18. The lowest BCUT2D eigenvalue weighted by molar-refractivity contribution is -0.116. The number of anilines is 1. The highest BCUT2D eigenvalue weighted by Crippen LogP contribution is 2.30. The number of hydrogen-bond acceptors (Lipinski definition) is 5. The molecule has 7 nitrogen and oxygen atoms in total. The number of benzene rings is 2. The van der Waals surface area contributed by atoms with Crippen LogP contribution in [0.3, 0.4) is 0 Å². The molecule has 0 aliphatic heterocycles. The Balaban J connectivity index is 1.74. The summed E-state index contributed by atoms with van der Waals surface area (Å²) in [7, 11) is -3.89. The molecule has 0 unspecified atom stereocenters. The van der Waals surface area contributed by atoms with Crippen LogP contribution in [0.1, 0.15) is 0 Å². The first kappa shape index (κ1) is 17.9. The monoisotopic (exact) mass is 399 g/mol. The maximum atomic E-state index is 13.2. The first-order valence-corrected chi connectivity index (χ1v) is 9.72. The molecule has 2 heterocycles. The van der Waals surface area contributed by atoms with Crippen LogP contribution in [0.25, 0.3) is 10.9 Å². The Kier molecular flexibility index (Phi) is 4.44.